The lowest BCUT2D eigenvalue weighted by Crippen LogP contribution is -2.33. The third-order valence-corrected chi connectivity index (χ3v) is 4.87. The van der Waals surface area contributed by atoms with Gasteiger partial charge in [0.15, 0.2) is 0 Å². The van der Waals surface area contributed by atoms with Crippen molar-refractivity contribution < 1.29 is 0 Å². The maximum atomic E-state index is 4.99. The van der Waals surface area contributed by atoms with E-state index in [-0.39, 0.29) is 5.41 Å². The lowest BCUT2D eigenvalue weighted by atomic mass is 9.94. The third-order valence-electron chi connectivity index (χ3n) is 4.87. The zero-order valence-corrected chi connectivity index (χ0v) is 14.7. The number of benzene rings is 1. The standard InChI is InChI=1S/C19H29N3/c1-13-9-16-17(10-14(13)2)22(18(21-16)19(3,4)5)12-15-7-6-8-20-11-15/h9-10,15,20H,6-8,11-12H2,1-5H3. The number of aromatic nitrogens is 2. The Morgan fingerprint density at radius 3 is 2.59 bits per heavy atom. The first-order valence-electron chi connectivity index (χ1n) is 8.55. The van der Waals surface area contributed by atoms with Gasteiger partial charge >= 0.3 is 0 Å². The van der Waals surface area contributed by atoms with Crippen LogP contribution in [0.4, 0.5) is 0 Å². The van der Waals surface area contributed by atoms with Gasteiger partial charge in [0.2, 0.25) is 0 Å². The van der Waals surface area contributed by atoms with Crippen molar-refractivity contribution in [2.24, 2.45) is 5.92 Å². The third kappa shape index (κ3) is 2.91. The Kier molecular flexibility index (Phi) is 4.02. The quantitative estimate of drug-likeness (QED) is 0.910. The molecule has 1 atom stereocenters. The van der Waals surface area contributed by atoms with E-state index >= 15 is 0 Å². The van der Waals surface area contributed by atoms with Gasteiger partial charge in [-0.3, -0.25) is 0 Å². The Labute approximate surface area is 134 Å². The van der Waals surface area contributed by atoms with Gasteiger partial charge in [-0.1, -0.05) is 20.8 Å². The van der Waals surface area contributed by atoms with E-state index < -0.39 is 0 Å². The zero-order valence-electron chi connectivity index (χ0n) is 14.7. The molecular weight excluding hydrogens is 270 g/mol. The van der Waals surface area contributed by atoms with Gasteiger partial charge in [0, 0.05) is 12.0 Å². The second kappa shape index (κ2) is 5.69. The van der Waals surface area contributed by atoms with E-state index in [0.717, 1.165) is 18.6 Å². The number of nitrogens with one attached hydrogen (secondary N) is 1. The lowest BCUT2D eigenvalue weighted by Gasteiger charge is -2.27. The molecule has 0 bridgehead atoms. The average molecular weight is 299 g/mol. The minimum atomic E-state index is 0.0723. The molecule has 0 amide bonds. The van der Waals surface area contributed by atoms with Gasteiger partial charge in [-0.2, -0.15) is 0 Å². The van der Waals surface area contributed by atoms with Crippen LogP contribution >= 0.6 is 0 Å². The minimum Gasteiger partial charge on any atom is -0.327 e. The van der Waals surface area contributed by atoms with E-state index in [2.05, 4.69) is 56.6 Å². The number of hydrogen-bond donors (Lipinski definition) is 1. The summed E-state index contributed by atoms with van der Waals surface area (Å²) < 4.78 is 2.49. The Bertz CT molecular complexity index is 670. The maximum absolute atomic E-state index is 4.99. The molecule has 3 rings (SSSR count). The molecule has 1 aliphatic rings. The SMILES string of the molecule is Cc1cc2nc(C(C)(C)C)n(CC3CCCNC3)c2cc1C. The number of hydrogen-bond acceptors (Lipinski definition) is 2. The zero-order chi connectivity index (χ0) is 15.9. The highest BCUT2D eigenvalue weighted by molar-refractivity contribution is 5.78. The highest BCUT2D eigenvalue weighted by atomic mass is 15.1. The van der Waals surface area contributed by atoms with Crippen molar-refractivity contribution in [1.82, 2.24) is 14.9 Å². The van der Waals surface area contributed by atoms with Crippen LogP contribution in [0.2, 0.25) is 0 Å². The monoisotopic (exact) mass is 299 g/mol. The summed E-state index contributed by atoms with van der Waals surface area (Å²) >= 11 is 0. The summed E-state index contributed by atoms with van der Waals surface area (Å²) in [6.07, 6.45) is 2.61. The number of piperidine rings is 1. The van der Waals surface area contributed by atoms with Gasteiger partial charge in [0.05, 0.1) is 11.0 Å². The second-order valence-corrected chi connectivity index (χ2v) is 7.93. The van der Waals surface area contributed by atoms with Crippen LogP contribution in [0, 0.1) is 19.8 Å². The first-order chi connectivity index (χ1) is 10.4. The van der Waals surface area contributed by atoms with Gasteiger partial charge in [0.25, 0.3) is 0 Å². The number of rotatable bonds is 2. The van der Waals surface area contributed by atoms with Crippen LogP contribution in [-0.2, 0) is 12.0 Å². The molecular formula is C19H29N3. The molecule has 1 N–H and O–H groups in total. The molecule has 1 aliphatic heterocycles. The summed E-state index contributed by atoms with van der Waals surface area (Å²) in [6.45, 7) is 14.6. The van der Waals surface area contributed by atoms with Crippen molar-refractivity contribution in [3.63, 3.8) is 0 Å². The molecule has 1 aromatic carbocycles. The highest BCUT2D eigenvalue weighted by Crippen LogP contribution is 2.29. The van der Waals surface area contributed by atoms with Crippen molar-refractivity contribution in [1.29, 1.82) is 0 Å². The van der Waals surface area contributed by atoms with Crippen molar-refractivity contribution in [2.45, 2.75) is 59.4 Å². The second-order valence-electron chi connectivity index (χ2n) is 7.93. The highest BCUT2D eigenvalue weighted by Gasteiger charge is 2.25. The molecule has 3 nitrogen and oxygen atoms in total. The Morgan fingerprint density at radius 2 is 1.95 bits per heavy atom. The van der Waals surface area contributed by atoms with Gasteiger partial charge in [-0.25, -0.2) is 4.98 Å². The molecule has 2 heterocycles. The summed E-state index contributed by atoms with van der Waals surface area (Å²) in [7, 11) is 0. The van der Waals surface area contributed by atoms with E-state index in [1.54, 1.807) is 0 Å². The number of aryl methyl sites for hydroxylation is 2. The van der Waals surface area contributed by atoms with Crippen LogP contribution in [0.1, 0.15) is 50.6 Å². The van der Waals surface area contributed by atoms with E-state index in [9.17, 15) is 0 Å². The molecule has 1 saturated heterocycles. The first-order valence-corrected chi connectivity index (χ1v) is 8.55. The van der Waals surface area contributed by atoms with Gasteiger partial charge in [-0.15, -0.1) is 0 Å². The predicted octanol–water partition coefficient (Wildman–Crippen LogP) is 3.95. The molecule has 0 saturated carbocycles. The van der Waals surface area contributed by atoms with Crippen molar-refractivity contribution in [3.05, 3.63) is 29.1 Å². The molecule has 1 unspecified atom stereocenters. The van der Waals surface area contributed by atoms with E-state index in [1.807, 2.05) is 0 Å². The summed E-state index contributed by atoms with van der Waals surface area (Å²) in [5.74, 6) is 1.94. The van der Waals surface area contributed by atoms with Crippen LogP contribution < -0.4 is 5.32 Å². The number of fused-ring (bicyclic) bond motifs is 1. The molecule has 1 aromatic heterocycles. The molecule has 0 spiro atoms. The van der Waals surface area contributed by atoms with Gasteiger partial charge in [-0.05, 0) is 69.0 Å². The van der Waals surface area contributed by atoms with Crippen LogP contribution in [0.25, 0.3) is 11.0 Å². The smallest absolute Gasteiger partial charge is 0.115 e. The van der Waals surface area contributed by atoms with Crippen molar-refractivity contribution in [3.8, 4) is 0 Å². The summed E-state index contributed by atoms with van der Waals surface area (Å²) in [5.41, 5.74) is 5.21. The molecule has 2 aromatic rings. The average Bonchev–Trinajstić information content (AvgIpc) is 2.79. The number of nitrogens with zero attached hydrogens (tertiary/aromatic N) is 2. The van der Waals surface area contributed by atoms with E-state index in [1.165, 1.54) is 41.9 Å². The summed E-state index contributed by atoms with van der Waals surface area (Å²) in [6, 6.07) is 4.57. The van der Waals surface area contributed by atoms with E-state index in [4.69, 9.17) is 4.98 Å². The normalized spacial score (nSPS) is 19.8. The molecule has 3 heteroatoms. The molecule has 0 radical (unpaired) electrons. The van der Waals surface area contributed by atoms with E-state index in [0.29, 0.717) is 5.92 Å². The molecule has 120 valence electrons. The van der Waals surface area contributed by atoms with Crippen molar-refractivity contribution >= 4 is 11.0 Å². The fraction of sp³-hybridized carbons (Fsp3) is 0.632. The van der Waals surface area contributed by atoms with Crippen molar-refractivity contribution in [2.75, 3.05) is 13.1 Å². The van der Waals surface area contributed by atoms with Crippen LogP contribution in [0.15, 0.2) is 12.1 Å². The Morgan fingerprint density at radius 1 is 1.23 bits per heavy atom. The Hall–Kier alpha value is -1.35. The maximum Gasteiger partial charge on any atom is 0.115 e. The predicted molar refractivity (Wildman–Crippen MR) is 93.5 cm³/mol. The fourth-order valence-electron chi connectivity index (χ4n) is 3.48. The lowest BCUT2D eigenvalue weighted by molar-refractivity contribution is 0.330. The van der Waals surface area contributed by atoms with Crippen LogP contribution in [0.3, 0.4) is 0 Å². The number of imidazole rings is 1. The molecule has 0 aliphatic carbocycles. The first kappa shape index (κ1) is 15.5. The summed E-state index contributed by atoms with van der Waals surface area (Å²) in [4.78, 5) is 4.99. The van der Waals surface area contributed by atoms with Gasteiger partial charge in [0.1, 0.15) is 5.82 Å². The fourth-order valence-corrected chi connectivity index (χ4v) is 3.48. The largest absolute Gasteiger partial charge is 0.327 e. The topological polar surface area (TPSA) is 29.9 Å². The molecule has 1 fully saturated rings. The molecule has 22 heavy (non-hydrogen) atoms. The van der Waals surface area contributed by atoms with Crippen LogP contribution in [-0.4, -0.2) is 22.6 Å². The van der Waals surface area contributed by atoms with Gasteiger partial charge < -0.3 is 9.88 Å². The van der Waals surface area contributed by atoms with Crippen LogP contribution in [0.5, 0.6) is 0 Å². The minimum absolute atomic E-state index is 0.0723. The summed E-state index contributed by atoms with van der Waals surface area (Å²) in [5, 5.41) is 3.54. The Balaban J connectivity index is 2.09.